The molecule has 0 atom stereocenters. The number of pyridine rings is 1. The fourth-order valence-electron chi connectivity index (χ4n) is 2.44. The molecule has 0 bridgehead atoms. The molecule has 23 heavy (non-hydrogen) atoms. The lowest BCUT2D eigenvalue weighted by Crippen LogP contribution is -1.98. The van der Waals surface area contributed by atoms with E-state index in [9.17, 15) is 4.39 Å². The lowest BCUT2D eigenvalue weighted by Gasteiger charge is -2.06. The predicted octanol–water partition coefficient (Wildman–Crippen LogP) is 3.90. The second-order valence-corrected chi connectivity index (χ2v) is 5.02. The monoisotopic (exact) mass is 305 g/mol. The number of aromatic nitrogens is 4. The molecule has 0 saturated heterocycles. The second kappa shape index (κ2) is 5.49. The van der Waals surface area contributed by atoms with Gasteiger partial charge in [-0.3, -0.25) is 4.98 Å². The van der Waals surface area contributed by atoms with Gasteiger partial charge in [0, 0.05) is 46.9 Å². The molecule has 3 heterocycles. The molecular formula is C17H12FN5. The molecule has 4 rings (SSSR count). The third-order valence-corrected chi connectivity index (χ3v) is 3.50. The van der Waals surface area contributed by atoms with E-state index in [0.717, 1.165) is 22.2 Å². The van der Waals surface area contributed by atoms with E-state index in [1.165, 1.54) is 12.1 Å². The van der Waals surface area contributed by atoms with Crippen LogP contribution in [0.3, 0.4) is 0 Å². The fourth-order valence-corrected chi connectivity index (χ4v) is 2.44. The van der Waals surface area contributed by atoms with Gasteiger partial charge < -0.3 is 10.3 Å². The molecule has 0 radical (unpaired) electrons. The van der Waals surface area contributed by atoms with Crippen LogP contribution in [0.25, 0.3) is 22.2 Å². The summed E-state index contributed by atoms with van der Waals surface area (Å²) in [5.74, 6) is 0.0974. The minimum absolute atomic E-state index is 0.311. The van der Waals surface area contributed by atoms with Crippen LogP contribution in [-0.2, 0) is 0 Å². The Morgan fingerprint density at radius 3 is 2.96 bits per heavy atom. The van der Waals surface area contributed by atoms with Crippen LogP contribution in [0.1, 0.15) is 0 Å². The second-order valence-electron chi connectivity index (χ2n) is 5.02. The largest absolute Gasteiger partial charge is 0.360 e. The average Bonchev–Trinajstić information content (AvgIpc) is 2.99. The maximum absolute atomic E-state index is 13.3. The number of H-pyrrole nitrogens is 1. The highest BCUT2D eigenvalue weighted by Gasteiger charge is 2.08. The number of aromatic amines is 1. The summed E-state index contributed by atoms with van der Waals surface area (Å²) in [6.45, 7) is 0. The Morgan fingerprint density at radius 2 is 2.04 bits per heavy atom. The van der Waals surface area contributed by atoms with Crippen molar-refractivity contribution < 1.29 is 4.39 Å². The minimum Gasteiger partial charge on any atom is -0.360 e. The Balaban J connectivity index is 1.71. The highest BCUT2D eigenvalue weighted by Crippen LogP contribution is 2.27. The van der Waals surface area contributed by atoms with Crippen molar-refractivity contribution in [2.45, 2.75) is 0 Å². The van der Waals surface area contributed by atoms with Gasteiger partial charge in [-0.2, -0.15) is 0 Å². The molecular weight excluding hydrogens is 293 g/mol. The summed E-state index contributed by atoms with van der Waals surface area (Å²) in [4.78, 5) is 16.0. The van der Waals surface area contributed by atoms with Gasteiger partial charge in [-0.1, -0.05) is 6.07 Å². The highest BCUT2D eigenvalue weighted by atomic mass is 19.1. The van der Waals surface area contributed by atoms with E-state index in [1.54, 1.807) is 30.7 Å². The van der Waals surface area contributed by atoms with E-state index in [4.69, 9.17) is 0 Å². The number of halogens is 1. The molecule has 0 unspecified atom stereocenters. The summed E-state index contributed by atoms with van der Waals surface area (Å²) in [7, 11) is 0. The van der Waals surface area contributed by atoms with Crippen molar-refractivity contribution in [3.63, 3.8) is 0 Å². The van der Waals surface area contributed by atoms with Gasteiger partial charge in [0.1, 0.15) is 5.82 Å². The van der Waals surface area contributed by atoms with E-state index in [0.29, 0.717) is 11.6 Å². The molecule has 0 spiro atoms. The van der Waals surface area contributed by atoms with Crippen molar-refractivity contribution in [3.8, 4) is 11.3 Å². The first-order valence-electron chi connectivity index (χ1n) is 7.07. The number of rotatable bonds is 3. The summed E-state index contributed by atoms with van der Waals surface area (Å²) in [5, 5.41) is 4.00. The molecule has 0 amide bonds. The van der Waals surface area contributed by atoms with E-state index in [-0.39, 0.29) is 5.82 Å². The Labute approximate surface area is 131 Å². The van der Waals surface area contributed by atoms with Gasteiger partial charge in [-0.25, -0.2) is 14.4 Å². The van der Waals surface area contributed by atoms with Crippen LogP contribution in [0.2, 0.25) is 0 Å². The molecule has 1 aromatic carbocycles. The molecule has 5 nitrogen and oxygen atoms in total. The molecule has 4 aromatic rings. The Bertz CT molecular complexity index is 979. The summed E-state index contributed by atoms with van der Waals surface area (Å²) < 4.78 is 13.3. The Morgan fingerprint density at radius 1 is 1.09 bits per heavy atom. The number of hydrogen-bond acceptors (Lipinski definition) is 4. The zero-order valence-electron chi connectivity index (χ0n) is 12.0. The Hall–Kier alpha value is -3.28. The van der Waals surface area contributed by atoms with Crippen LogP contribution < -0.4 is 5.32 Å². The van der Waals surface area contributed by atoms with Crippen molar-refractivity contribution in [1.82, 2.24) is 19.9 Å². The standard InChI is InChI=1S/C17H12FN5/c18-11-2-1-3-12(8-11)22-17-20-7-5-16(23-17)14-10-21-15-4-6-19-9-13(14)15/h1-10,21H,(H,20,22,23). The van der Waals surface area contributed by atoms with Crippen LogP contribution in [0, 0.1) is 5.82 Å². The first-order valence-corrected chi connectivity index (χ1v) is 7.07. The van der Waals surface area contributed by atoms with Crippen LogP contribution in [0.4, 0.5) is 16.0 Å². The van der Waals surface area contributed by atoms with E-state index in [1.807, 2.05) is 18.3 Å². The maximum Gasteiger partial charge on any atom is 0.227 e. The molecule has 6 heteroatoms. The van der Waals surface area contributed by atoms with Crippen molar-refractivity contribution in [2.75, 3.05) is 5.32 Å². The molecule has 3 aromatic heterocycles. The fraction of sp³-hybridized carbons (Fsp3) is 0. The third-order valence-electron chi connectivity index (χ3n) is 3.50. The minimum atomic E-state index is -0.311. The van der Waals surface area contributed by atoms with E-state index < -0.39 is 0 Å². The van der Waals surface area contributed by atoms with Crippen molar-refractivity contribution in [2.24, 2.45) is 0 Å². The number of benzene rings is 1. The maximum atomic E-state index is 13.3. The molecule has 0 aliphatic heterocycles. The molecule has 112 valence electrons. The topological polar surface area (TPSA) is 66.5 Å². The summed E-state index contributed by atoms with van der Waals surface area (Å²) in [5.41, 5.74) is 3.30. The average molecular weight is 305 g/mol. The lowest BCUT2D eigenvalue weighted by molar-refractivity contribution is 0.628. The van der Waals surface area contributed by atoms with E-state index in [2.05, 4.69) is 25.3 Å². The lowest BCUT2D eigenvalue weighted by atomic mass is 10.1. The number of nitrogens with one attached hydrogen (secondary N) is 2. The number of nitrogens with zero attached hydrogens (tertiary/aromatic N) is 3. The van der Waals surface area contributed by atoms with Crippen LogP contribution in [0.5, 0.6) is 0 Å². The van der Waals surface area contributed by atoms with Crippen molar-refractivity contribution in [1.29, 1.82) is 0 Å². The summed E-state index contributed by atoms with van der Waals surface area (Å²) in [6, 6.07) is 9.91. The number of hydrogen-bond donors (Lipinski definition) is 2. The van der Waals surface area contributed by atoms with Gasteiger partial charge in [-0.05, 0) is 30.3 Å². The summed E-state index contributed by atoms with van der Waals surface area (Å²) in [6.07, 6.45) is 7.09. The highest BCUT2D eigenvalue weighted by molar-refractivity contribution is 5.93. The zero-order chi connectivity index (χ0) is 15.6. The van der Waals surface area contributed by atoms with Crippen LogP contribution >= 0.6 is 0 Å². The van der Waals surface area contributed by atoms with Gasteiger partial charge in [0.15, 0.2) is 0 Å². The third kappa shape index (κ3) is 2.62. The van der Waals surface area contributed by atoms with Gasteiger partial charge in [0.05, 0.1) is 5.69 Å². The molecule has 0 saturated carbocycles. The van der Waals surface area contributed by atoms with Gasteiger partial charge >= 0.3 is 0 Å². The van der Waals surface area contributed by atoms with Crippen molar-refractivity contribution >= 4 is 22.5 Å². The van der Waals surface area contributed by atoms with Gasteiger partial charge in [-0.15, -0.1) is 0 Å². The normalized spacial score (nSPS) is 10.8. The number of fused-ring (bicyclic) bond motifs is 1. The first kappa shape index (κ1) is 13.4. The van der Waals surface area contributed by atoms with E-state index >= 15 is 0 Å². The molecule has 0 fully saturated rings. The molecule has 0 aliphatic rings. The van der Waals surface area contributed by atoms with Crippen LogP contribution in [0.15, 0.2) is 61.2 Å². The van der Waals surface area contributed by atoms with Gasteiger partial charge in [0.2, 0.25) is 5.95 Å². The van der Waals surface area contributed by atoms with Crippen molar-refractivity contribution in [3.05, 3.63) is 67.0 Å². The predicted molar refractivity (Wildman–Crippen MR) is 86.8 cm³/mol. The number of anilines is 2. The SMILES string of the molecule is Fc1cccc(Nc2nccc(-c3c[nH]c4ccncc34)n2)c1. The molecule has 0 aliphatic carbocycles. The quantitative estimate of drug-likeness (QED) is 0.602. The Kier molecular flexibility index (Phi) is 3.20. The van der Waals surface area contributed by atoms with Crippen LogP contribution in [-0.4, -0.2) is 19.9 Å². The van der Waals surface area contributed by atoms with Gasteiger partial charge in [0.25, 0.3) is 0 Å². The first-order chi connectivity index (χ1) is 11.3. The zero-order valence-corrected chi connectivity index (χ0v) is 12.0. The smallest absolute Gasteiger partial charge is 0.227 e. The molecule has 2 N–H and O–H groups in total. The summed E-state index contributed by atoms with van der Waals surface area (Å²) >= 11 is 0.